The molecule has 2 heterocycles. The van der Waals surface area contributed by atoms with E-state index >= 15 is 0 Å². The van der Waals surface area contributed by atoms with Crippen molar-refractivity contribution in [3.63, 3.8) is 0 Å². The third-order valence-electron chi connectivity index (χ3n) is 3.09. The van der Waals surface area contributed by atoms with Gasteiger partial charge in [0.15, 0.2) is 0 Å². The summed E-state index contributed by atoms with van der Waals surface area (Å²) in [6, 6.07) is 0. The number of carbonyl (C=O) groups excluding carboxylic acids is 1. The average molecular weight is 330 g/mol. The van der Waals surface area contributed by atoms with Crippen LogP contribution in [0.1, 0.15) is 28.2 Å². The first-order valence-corrected chi connectivity index (χ1v) is 7.32. The normalized spacial score (nSPS) is 10.9. The van der Waals surface area contributed by atoms with E-state index in [2.05, 4.69) is 15.5 Å². The van der Waals surface area contributed by atoms with Gasteiger partial charge in [-0.2, -0.15) is 10.2 Å². The van der Waals surface area contributed by atoms with Crippen LogP contribution < -0.4 is 5.32 Å². The van der Waals surface area contributed by atoms with Crippen molar-refractivity contribution in [3.05, 3.63) is 33.3 Å². The fourth-order valence-electron chi connectivity index (χ4n) is 2.03. The van der Waals surface area contributed by atoms with E-state index in [1.165, 1.54) is 0 Å². The van der Waals surface area contributed by atoms with Crippen molar-refractivity contribution >= 4 is 29.1 Å². The molecule has 0 atom stereocenters. The number of halogens is 2. The first kappa shape index (κ1) is 15.9. The number of rotatable bonds is 5. The Morgan fingerprint density at radius 1 is 1.29 bits per heavy atom. The monoisotopic (exact) mass is 329 g/mol. The zero-order valence-electron chi connectivity index (χ0n) is 12.2. The van der Waals surface area contributed by atoms with E-state index in [1.807, 2.05) is 6.92 Å². The van der Waals surface area contributed by atoms with Crippen molar-refractivity contribution in [1.29, 1.82) is 0 Å². The molecule has 0 saturated heterocycles. The topological polar surface area (TPSA) is 64.7 Å². The maximum atomic E-state index is 12.0. The van der Waals surface area contributed by atoms with Gasteiger partial charge < -0.3 is 5.32 Å². The largest absolute Gasteiger partial charge is 0.352 e. The molecule has 2 aromatic heterocycles. The Hall–Kier alpha value is -1.53. The van der Waals surface area contributed by atoms with E-state index in [0.29, 0.717) is 46.6 Å². The predicted molar refractivity (Wildman–Crippen MR) is 81.9 cm³/mol. The highest BCUT2D eigenvalue weighted by Gasteiger charge is 2.13. The molecule has 2 aromatic rings. The van der Waals surface area contributed by atoms with Crippen molar-refractivity contribution < 1.29 is 4.79 Å². The highest BCUT2D eigenvalue weighted by atomic mass is 35.5. The summed E-state index contributed by atoms with van der Waals surface area (Å²) in [5.74, 6) is -0.124. The van der Waals surface area contributed by atoms with Crippen molar-refractivity contribution in [1.82, 2.24) is 24.9 Å². The second kappa shape index (κ2) is 6.49. The van der Waals surface area contributed by atoms with Crippen molar-refractivity contribution in [2.45, 2.75) is 26.8 Å². The molecule has 0 aliphatic carbocycles. The Balaban J connectivity index is 1.83. The maximum Gasteiger partial charge on any atom is 0.254 e. The van der Waals surface area contributed by atoms with Gasteiger partial charge in [-0.1, -0.05) is 23.2 Å². The molecule has 1 amide bonds. The molecule has 0 unspecified atom stereocenters. The Morgan fingerprint density at radius 2 is 2.00 bits per heavy atom. The van der Waals surface area contributed by atoms with Crippen LogP contribution in [0.3, 0.4) is 0 Å². The summed E-state index contributed by atoms with van der Waals surface area (Å²) in [7, 11) is 1.79. The van der Waals surface area contributed by atoms with Gasteiger partial charge in [0.1, 0.15) is 10.2 Å². The van der Waals surface area contributed by atoms with E-state index in [0.717, 1.165) is 0 Å². The highest BCUT2D eigenvalue weighted by molar-refractivity contribution is 6.41. The summed E-state index contributed by atoms with van der Waals surface area (Å²) >= 11 is 12.0. The fourth-order valence-corrected chi connectivity index (χ4v) is 2.42. The zero-order chi connectivity index (χ0) is 15.6. The van der Waals surface area contributed by atoms with Gasteiger partial charge in [-0.15, -0.1) is 0 Å². The third kappa shape index (κ3) is 3.57. The summed E-state index contributed by atoms with van der Waals surface area (Å²) in [5.41, 5.74) is 2.01. The average Bonchev–Trinajstić information content (AvgIpc) is 2.89. The molecule has 114 valence electrons. The molecular weight excluding hydrogens is 313 g/mol. The first-order chi connectivity index (χ1) is 9.90. The molecule has 0 aliphatic rings. The van der Waals surface area contributed by atoms with Crippen LogP contribution in [-0.4, -0.2) is 32.0 Å². The van der Waals surface area contributed by atoms with Crippen molar-refractivity contribution in [2.24, 2.45) is 7.05 Å². The number of hydrogen-bond donors (Lipinski definition) is 1. The van der Waals surface area contributed by atoms with Gasteiger partial charge in [0.2, 0.25) is 0 Å². The predicted octanol–water partition coefficient (Wildman–Crippen LogP) is 2.36. The van der Waals surface area contributed by atoms with E-state index in [4.69, 9.17) is 23.2 Å². The van der Waals surface area contributed by atoms with Crippen molar-refractivity contribution in [3.8, 4) is 0 Å². The highest BCUT2D eigenvalue weighted by Crippen LogP contribution is 2.24. The molecule has 1 N–H and O–H groups in total. The number of hydrogen-bond acceptors (Lipinski definition) is 3. The van der Waals surface area contributed by atoms with Gasteiger partial charge in [-0.05, 0) is 20.3 Å². The fraction of sp³-hybridized carbons (Fsp3) is 0.462. The van der Waals surface area contributed by atoms with E-state index in [9.17, 15) is 4.79 Å². The molecule has 0 bridgehead atoms. The van der Waals surface area contributed by atoms with Crippen LogP contribution in [0, 0.1) is 13.8 Å². The molecule has 0 fully saturated rings. The molecule has 0 aromatic carbocycles. The molecule has 0 radical (unpaired) electrons. The lowest BCUT2D eigenvalue weighted by molar-refractivity contribution is 0.0952. The van der Waals surface area contributed by atoms with Crippen LogP contribution in [0.4, 0.5) is 0 Å². The van der Waals surface area contributed by atoms with Crippen molar-refractivity contribution in [2.75, 3.05) is 6.54 Å². The van der Waals surface area contributed by atoms with Crippen LogP contribution in [0.2, 0.25) is 10.2 Å². The third-order valence-corrected chi connectivity index (χ3v) is 4.02. The van der Waals surface area contributed by atoms with Gasteiger partial charge in [-0.25, -0.2) is 0 Å². The minimum absolute atomic E-state index is 0.124. The van der Waals surface area contributed by atoms with Crippen LogP contribution in [0.25, 0.3) is 0 Å². The van der Waals surface area contributed by atoms with E-state index in [1.54, 1.807) is 29.5 Å². The Morgan fingerprint density at radius 3 is 2.52 bits per heavy atom. The van der Waals surface area contributed by atoms with E-state index in [-0.39, 0.29) is 5.91 Å². The molecule has 21 heavy (non-hydrogen) atoms. The quantitative estimate of drug-likeness (QED) is 0.856. The molecule has 8 heteroatoms. The number of nitrogens with one attached hydrogen (secondary N) is 1. The smallest absolute Gasteiger partial charge is 0.254 e. The first-order valence-electron chi connectivity index (χ1n) is 6.57. The van der Waals surface area contributed by atoms with Gasteiger partial charge in [0.05, 0.1) is 17.0 Å². The number of amides is 1. The number of carbonyl (C=O) groups is 1. The van der Waals surface area contributed by atoms with Crippen LogP contribution in [0.15, 0.2) is 6.20 Å². The molecule has 0 aliphatic heterocycles. The summed E-state index contributed by atoms with van der Waals surface area (Å²) in [6.07, 6.45) is 2.42. The Bertz CT molecular complexity index is 662. The molecular formula is C13H17Cl2N5O. The minimum Gasteiger partial charge on any atom is -0.352 e. The summed E-state index contributed by atoms with van der Waals surface area (Å²) in [4.78, 5) is 12.0. The summed E-state index contributed by atoms with van der Waals surface area (Å²) < 4.78 is 3.26. The molecule has 0 spiro atoms. The van der Waals surface area contributed by atoms with Crippen LogP contribution in [-0.2, 0) is 13.6 Å². The van der Waals surface area contributed by atoms with Crippen LogP contribution >= 0.6 is 23.2 Å². The lowest BCUT2D eigenvalue weighted by Gasteiger charge is -2.05. The second-order valence-electron chi connectivity index (χ2n) is 4.82. The van der Waals surface area contributed by atoms with Crippen LogP contribution in [0.5, 0.6) is 0 Å². The summed E-state index contributed by atoms with van der Waals surface area (Å²) in [5, 5.41) is 12.1. The Labute approximate surface area is 133 Å². The maximum absolute atomic E-state index is 12.0. The summed E-state index contributed by atoms with van der Waals surface area (Å²) in [6.45, 7) is 4.74. The molecule has 0 saturated carbocycles. The second-order valence-corrected chi connectivity index (χ2v) is 5.56. The lowest BCUT2D eigenvalue weighted by atomic mass is 10.2. The number of aromatic nitrogens is 4. The number of aryl methyl sites for hydroxylation is 4. The minimum atomic E-state index is -0.124. The Kier molecular flexibility index (Phi) is 4.90. The standard InChI is InChI=1S/C13H17Cl2N5O/c1-8-10(7-19(3)17-8)13(21)16-5-4-6-20-12(15)11(14)9(2)18-20/h7H,4-6H2,1-3H3,(H,16,21). The van der Waals surface area contributed by atoms with Gasteiger partial charge >= 0.3 is 0 Å². The van der Waals surface area contributed by atoms with Gasteiger partial charge in [0, 0.05) is 26.3 Å². The van der Waals surface area contributed by atoms with E-state index < -0.39 is 0 Å². The van der Waals surface area contributed by atoms with Gasteiger partial charge in [-0.3, -0.25) is 14.2 Å². The zero-order valence-corrected chi connectivity index (χ0v) is 13.7. The molecule has 6 nitrogen and oxygen atoms in total. The lowest BCUT2D eigenvalue weighted by Crippen LogP contribution is -2.25. The number of nitrogens with zero attached hydrogens (tertiary/aromatic N) is 4. The SMILES string of the molecule is Cc1nn(C)cc1C(=O)NCCCn1nc(C)c(Cl)c1Cl. The van der Waals surface area contributed by atoms with Gasteiger partial charge in [0.25, 0.3) is 5.91 Å². The molecule has 2 rings (SSSR count).